The molecule has 0 spiro atoms. The van der Waals surface area contributed by atoms with Gasteiger partial charge in [-0.3, -0.25) is 5.10 Å². The van der Waals surface area contributed by atoms with E-state index in [0.717, 1.165) is 24.3 Å². The molecule has 2 heterocycles. The van der Waals surface area contributed by atoms with Gasteiger partial charge in [-0.05, 0) is 6.42 Å². The molecule has 0 saturated heterocycles. The molecule has 0 fully saturated rings. The Morgan fingerprint density at radius 1 is 1.57 bits per heavy atom. The minimum Gasteiger partial charge on any atom is -0.377 e. The molecule has 0 radical (unpaired) electrons. The molecule has 0 atom stereocenters. The molecule has 0 aliphatic heterocycles. The maximum absolute atomic E-state index is 4.45. The normalized spacial score (nSPS) is 10.4. The van der Waals surface area contributed by atoms with Crippen molar-refractivity contribution in [3.63, 3.8) is 0 Å². The lowest BCUT2D eigenvalue weighted by Crippen LogP contribution is -1.98. The number of anilines is 1. The van der Waals surface area contributed by atoms with Crippen molar-refractivity contribution in [2.75, 3.05) is 5.32 Å². The van der Waals surface area contributed by atoms with Crippen molar-refractivity contribution in [2.24, 2.45) is 0 Å². The van der Waals surface area contributed by atoms with Gasteiger partial charge in [0, 0.05) is 11.6 Å². The SMILES string of the molecule is CCc1nc(CNc2cn[nH]c2)cs1. The predicted molar refractivity (Wildman–Crippen MR) is 57.4 cm³/mol. The van der Waals surface area contributed by atoms with Gasteiger partial charge < -0.3 is 5.32 Å². The molecule has 0 aromatic carbocycles. The molecule has 2 aromatic rings. The lowest BCUT2D eigenvalue weighted by Gasteiger charge is -1.98. The van der Waals surface area contributed by atoms with E-state index in [1.165, 1.54) is 5.01 Å². The lowest BCUT2D eigenvalue weighted by atomic mass is 10.4. The molecule has 2 N–H and O–H groups in total. The van der Waals surface area contributed by atoms with Gasteiger partial charge in [0.25, 0.3) is 0 Å². The Labute approximate surface area is 86.4 Å². The summed E-state index contributed by atoms with van der Waals surface area (Å²) in [6.45, 7) is 2.88. The van der Waals surface area contributed by atoms with Crippen molar-refractivity contribution < 1.29 is 0 Å². The van der Waals surface area contributed by atoms with Crippen LogP contribution in [0.3, 0.4) is 0 Å². The monoisotopic (exact) mass is 208 g/mol. The van der Waals surface area contributed by atoms with Crippen LogP contribution in [0.4, 0.5) is 5.69 Å². The van der Waals surface area contributed by atoms with E-state index in [1.54, 1.807) is 17.5 Å². The molecule has 14 heavy (non-hydrogen) atoms. The fourth-order valence-electron chi connectivity index (χ4n) is 1.13. The average molecular weight is 208 g/mol. The topological polar surface area (TPSA) is 53.6 Å². The summed E-state index contributed by atoms with van der Waals surface area (Å²) in [7, 11) is 0. The van der Waals surface area contributed by atoms with E-state index in [4.69, 9.17) is 0 Å². The second-order valence-electron chi connectivity index (χ2n) is 2.93. The van der Waals surface area contributed by atoms with Crippen molar-refractivity contribution in [3.8, 4) is 0 Å². The van der Waals surface area contributed by atoms with Crippen molar-refractivity contribution >= 4 is 17.0 Å². The minimum atomic E-state index is 0.760. The van der Waals surface area contributed by atoms with E-state index in [0.29, 0.717) is 0 Å². The van der Waals surface area contributed by atoms with Crippen LogP contribution in [-0.2, 0) is 13.0 Å². The van der Waals surface area contributed by atoms with Gasteiger partial charge >= 0.3 is 0 Å². The summed E-state index contributed by atoms with van der Waals surface area (Å²) in [4.78, 5) is 4.45. The summed E-state index contributed by atoms with van der Waals surface area (Å²) in [5.74, 6) is 0. The fraction of sp³-hybridized carbons (Fsp3) is 0.333. The maximum atomic E-state index is 4.45. The first-order valence-electron chi connectivity index (χ1n) is 4.54. The number of aromatic nitrogens is 3. The van der Waals surface area contributed by atoms with Crippen LogP contribution in [0, 0.1) is 0 Å². The Balaban J connectivity index is 1.92. The summed E-state index contributed by atoms with van der Waals surface area (Å²) in [5, 5.41) is 13.1. The van der Waals surface area contributed by atoms with Gasteiger partial charge in [-0.2, -0.15) is 5.10 Å². The average Bonchev–Trinajstić information content (AvgIpc) is 2.86. The van der Waals surface area contributed by atoms with Gasteiger partial charge in [-0.25, -0.2) is 4.98 Å². The van der Waals surface area contributed by atoms with Crippen LogP contribution in [0.25, 0.3) is 0 Å². The van der Waals surface area contributed by atoms with Crippen LogP contribution >= 0.6 is 11.3 Å². The van der Waals surface area contributed by atoms with E-state index in [1.807, 2.05) is 6.20 Å². The minimum absolute atomic E-state index is 0.760. The largest absolute Gasteiger partial charge is 0.377 e. The number of hydrogen-bond donors (Lipinski definition) is 2. The number of nitrogens with one attached hydrogen (secondary N) is 2. The van der Waals surface area contributed by atoms with Crippen LogP contribution in [0.5, 0.6) is 0 Å². The molecular formula is C9H12N4S. The third-order valence-electron chi connectivity index (χ3n) is 1.87. The number of aromatic amines is 1. The first-order chi connectivity index (χ1) is 6.88. The first-order valence-corrected chi connectivity index (χ1v) is 5.42. The zero-order chi connectivity index (χ0) is 9.80. The van der Waals surface area contributed by atoms with Crippen molar-refractivity contribution in [1.29, 1.82) is 0 Å². The third-order valence-corrected chi connectivity index (χ3v) is 2.92. The standard InChI is InChI=1S/C9H12N4S/c1-2-9-13-8(6-14-9)3-10-7-4-11-12-5-7/h4-6,10H,2-3H2,1H3,(H,11,12). The van der Waals surface area contributed by atoms with Gasteiger partial charge in [-0.15, -0.1) is 11.3 Å². The predicted octanol–water partition coefficient (Wildman–Crippen LogP) is 2.04. The summed E-state index contributed by atoms with van der Waals surface area (Å²) >= 11 is 1.71. The molecule has 5 heteroatoms. The van der Waals surface area contributed by atoms with E-state index < -0.39 is 0 Å². The number of aryl methyl sites for hydroxylation is 1. The zero-order valence-electron chi connectivity index (χ0n) is 7.95. The van der Waals surface area contributed by atoms with Crippen LogP contribution in [0.15, 0.2) is 17.8 Å². The van der Waals surface area contributed by atoms with Crippen molar-refractivity contribution in [1.82, 2.24) is 15.2 Å². The molecule has 0 amide bonds. The van der Waals surface area contributed by atoms with Crippen molar-refractivity contribution in [3.05, 3.63) is 28.5 Å². The number of H-pyrrole nitrogens is 1. The Hall–Kier alpha value is -1.36. The highest BCUT2D eigenvalue weighted by atomic mass is 32.1. The molecule has 0 saturated carbocycles. The first kappa shape index (κ1) is 9.21. The molecule has 2 aromatic heterocycles. The van der Waals surface area contributed by atoms with Gasteiger partial charge in [-0.1, -0.05) is 6.92 Å². The van der Waals surface area contributed by atoms with Crippen LogP contribution in [0.2, 0.25) is 0 Å². The maximum Gasteiger partial charge on any atom is 0.0926 e. The van der Waals surface area contributed by atoms with E-state index in [9.17, 15) is 0 Å². The Morgan fingerprint density at radius 3 is 3.14 bits per heavy atom. The molecule has 4 nitrogen and oxygen atoms in total. The molecule has 74 valence electrons. The van der Waals surface area contributed by atoms with E-state index in [-0.39, 0.29) is 0 Å². The van der Waals surface area contributed by atoms with Crippen LogP contribution in [0.1, 0.15) is 17.6 Å². The third kappa shape index (κ3) is 2.11. The smallest absolute Gasteiger partial charge is 0.0926 e. The molecule has 0 unspecified atom stereocenters. The number of hydrogen-bond acceptors (Lipinski definition) is 4. The fourth-order valence-corrected chi connectivity index (χ4v) is 1.88. The Kier molecular flexibility index (Phi) is 2.78. The summed E-state index contributed by atoms with van der Waals surface area (Å²) in [5.41, 5.74) is 2.09. The van der Waals surface area contributed by atoms with Gasteiger partial charge in [0.15, 0.2) is 0 Å². The quantitative estimate of drug-likeness (QED) is 0.808. The van der Waals surface area contributed by atoms with E-state index in [2.05, 4.69) is 32.8 Å². The molecular weight excluding hydrogens is 196 g/mol. The van der Waals surface area contributed by atoms with Gasteiger partial charge in [0.1, 0.15) is 0 Å². The van der Waals surface area contributed by atoms with Crippen LogP contribution in [-0.4, -0.2) is 15.2 Å². The van der Waals surface area contributed by atoms with Crippen molar-refractivity contribution in [2.45, 2.75) is 19.9 Å². The number of nitrogens with zero attached hydrogens (tertiary/aromatic N) is 2. The number of thiazole rings is 1. The lowest BCUT2D eigenvalue weighted by molar-refractivity contribution is 1.01. The molecule has 0 aliphatic carbocycles. The Bertz CT molecular complexity index is 379. The molecule has 0 aliphatic rings. The molecule has 2 rings (SSSR count). The summed E-state index contributed by atoms with van der Waals surface area (Å²) in [6.07, 6.45) is 4.59. The van der Waals surface area contributed by atoms with Gasteiger partial charge in [0.2, 0.25) is 0 Å². The summed E-state index contributed by atoms with van der Waals surface area (Å²) in [6, 6.07) is 0. The number of rotatable bonds is 4. The highest BCUT2D eigenvalue weighted by Crippen LogP contribution is 2.11. The second kappa shape index (κ2) is 4.23. The van der Waals surface area contributed by atoms with Crippen LogP contribution < -0.4 is 5.32 Å². The molecule has 0 bridgehead atoms. The highest BCUT2D eigenvalue weighted by Gasteiger charge is 1.99. The van der Waals surface area contributed by atoms with Gasteiger partial charge in [0.05, 0.1) is 29.1 Å². The highest BCUT2D eigenvalue weighted by molar-refractivity contribution is 7.09. The second-order valence-corrected chi connectivity index (χ2v) is 3.87. The zero-order valence-corrected chi connectivity index (χ0v) is 8.77. The summed E-state index contributed by atoms with van der Waals surface area (Å²) < 4.78 is 0. The van der Waals surface area contributed by atoms with E-state index >= 15 is 0 Å². The Morgan fingerprint density at radius 2 is 2.50 bits per heavy atom.